The van der Waals surface area contributed by atoms with Gasteiger partial charge in [0.2, 0.25) is 0 Å². The highest BCUT2D eigenvalue weighted by Crippen LogP contribution is 2.07. The molecule has 0 aliphatic carbocycles. The van der Waals surface area contributed by atoms with Crippen LogP contribution >= 0.6 is 0 Å². The van der Waals surface area contributed by atoms with Crippen LogP contribution in [0, 0.1) is 0 Å². The van der Waals surface area contributed by atoms with Gasteiger partial charge in [-0.05, 0) is 46.7 Å². The van der Waals surface area contributed by atoms with Gasteiger partial charge < -0.3 is 11.1 Å². The molecule has 2 nitrogen and oxygen atoms in total. The average Bonchev–Trinajstić information content (AvgIpc) is 2.14. The van der Waals surface area contributed by atoms with Crippen LogP contribution in [0.5, 0.6) is 0 Å². The monoisotopic (exact) mass is 214 g/mol. The van der Waals surface area contributed by atoms with Crippen LogP contribution in [0.25, 0.3) is 0 Å². The first kappa shape index (κ1) is 14.9. The van der Waals surface area contributed by atoms with Crippen LogP contribution in [0.15, 0.2) is 0 Å². The Morgan fingerprint density at radius 1 is 0.800 bits per heavy atom. The van der Waals surface area contributed by atoms with Gasteiger partial charge in [0.15, 0.2) is 0 Å². The third kappa shape index (κ3) is 13.9. The van der Waals surface area contributed by atoms with Crippen LogP contribution in [-0.2, 0) is 0 Å². The summed E-state index contributed by atoms with van der Waals surface area (Å²) in [6.07, 6.45) is 9.33. The number of unbranched alkanes of at least 4 members (excludes halogenated alkanes) is 6. The van der Waals surface area contributed by atoms with Crippen LogP contribution in [0.4, 0.5) is 0 Å². The lowest BCUT2D eigenvalue weighted by Gasteiger charge is -2.20. The van der Waals surface area contributed by atoms with Gasteiger partial charge in [0.25, 0.3) is 0 Å². The summed E-state index contributed by atoms with van der Waals surface area (Å²) in [6, 6.07) is 0. The second-order valence-corrected chi connectivity index (χ2v) is 5.44. The van der Waals surface area contributed by atoms with Crippen molar-refractivity contribution in [2.24, 2.45) is 5.73 Å². The quantitative estimate of drug-likeness (QED) is 0.579. The molecule has 0 radical (unpaired) electrons. The molecule has 0 unspecified atom stereocenters. The van der Waals surface area contributed by atoms with Crippen molar-refractivity contribution < 1.29 is 0 Å². The minimum absolute atomic E-state index is 0.279. The molecule has 0 aromatic carbocycles. The van der Waals surface area contributed by atoms with Gasteiger partial charge in [-0.2, -0.15) is 0 Å². The summed E-state index contributed by atoms with van der Waals surface area (Å²) in [6.45, 7) is 8.68. The average molecular weight is 214 g/mol. The van der Waals surface area contributed by atoms with E-state index in [2.05, 4.69) is 26.1 Å². The van der Waals surface area contributed by atoms with Gasteiger partial charge >= 0.3 is 0 Å². The predicted octanol–water partition coefficient (Wildman–Crippen LogP) is 3.06. The largest absolute Gasteiger partial charge is 0.330 e. The first-order valence-electron chi connectivity index (χ1n) is 6.51. The Hall–Kier alpha value is -0.0800. The first-order chi connectivity index (χ1) is 7.06. The fraction of sp³-hybridized carbons (Fsp3) is 1.00. The lowest BCUT2D eigenvalue weighted by molar-refractivity contribution is 0.415. The summed E-state index contributed by atoms with van der Waals surface area (Å²) in [7, 11) is 0. The third-order valence-electron chi connectivity index (χ3n) is 2.54. The summed E-state index contributed by atoms with van der Waals surface area (Å²) in [4.78, 5) is 0. The first-order valence-corrected chi connectivity index (χ1v) is 6.51. The van der Waals surface area contributed by atoms with Crippen molar-refractivity contribution in [3.05, 3.63) is 0 Å². The molecule has 3 N–H and O–H groups in total. The highest BCUT2D eigenvalue weighted by molar-refractivity contribution is 4.69. The number of rotatable bonds is 9. The molecule has 0 fully saturated rings. The molecule has 0 aliphatic heterocycles. The van der Waals surface area contributed by atoms with Crippen molar-refractivity contribution in [2.45, 2.75) is 71.3 Å². The molecule has 15 heavy (non-hydrogen) atoms. The van der Waals surface area contributed by atoms with E-state index in [-0.39, 0.29) is 5.54 Å². The van der Waals surface area contributed by atoms with E-state index < -0.39 is 0 Å². The summed E-state index contributed by atoms with van der Waals surface area (Å²) < 4.78 is 0. The molecule has 0 saturated carbocycles. The van der Waals surface area contributed by atoms with Crippen molar-refractivity contribution >= 4 is 0 Å². The standard InChI is InChI=1S/C13H30N2/c1-13(2,3)15-12-10-8-6-4-5-7-9-11-14/h15H,4-12,14H2,1-3H3. The summed E-state index contributed by atoms with van der Waals surface area (Å²) >= 11 is 0. The molecule has 0 bridgehead atoms. The Kier molecular flexibility index (Phi) is 9.12. The zero-order valence-electron chi connectivity index (χ0n) is 10.9. The molecule has 0 heterocycles. The summed E-state index contributed by atoms with van der Waals surface area (Å²) in [5.74, 6) is 0. The molecule has 92 valence electrons. The van der Waals surface area contributed by atoms with Gasteiger partial charge in [0, 0.05) is 5.54 Å². The van der Waals surface area contributed by atoms with E-state index in [1.165, 1.54) is 44.9 Å². The van der Waals surface area contributed by atoms with Crippen molar-refractivity contribution in [1.82, 2.24) is 5.32 Å². The smallest absolute Gasteiger partial charge is 0.00965 e. The molecule has 0 amide bonds. The second kappa shape index (κ2) is 9.17. The van der Waals surface area contributed by atoms with E-state index in [9.17, 15) is 0 Å². The Bertz CT molecular complexity index is 127. The fourth-order valence-electron chi connectivity index (χ4n) is 1.62. The number of hydrogen-bond donors (Lipinski definition) is 2. The maximum absolute atomic E-state index is 5.44. The summed E-state index contributed by atoms with van der Waals surface area (Å²) in [5.41, 5.74) is 5.72. The van der Waals surface area contributed by atoms with E-state index in [1.807, 2.05) is 0 Å². The Morgan fingerprint density at radius 2 is 1.27 bits per heavy atom. The van der Waals surface area contributed by atoms with Crippen molar-refractivity contribution in [2.75, 3.05) is 13.1 Å². The van der Waals surface area contributed by atoms with E-state index in [1.54, 1.807) is 0 Å². The maximum atomic E-state index is 5.44. The number of nitrogens with one attached hydrogen (secondary N) is 1. The normalized spacial score (nSPS) is 12.0. The second-order valence-electron chi connectivity index (χ2n) is 5.44. The van der Waals surface area contributed by atoms with Crippen molar-refractivity contribution in [1.29, 1.82) is 0 Å². The highest BCUT2D eigenvalue weighted by Gasteiger charge is 2.06. The van der Waals surface area contributed by atoms with Crippen LogP contribution in [-0.4, -0.2) is 18.6 Å². The molecule has 0 saturated heterocycles. The Labute approximate surface area is 96.0 Å². The number of hydrogen-bond acceptors (Lipinski definition) is 2. The molecule has 0 rings (SSSR count). The zero-order valence-corrected chi connectivity index (χ0v) is 10.9. The molecule has 0 aromatic rings. The predicted molar refractivity (Wildman–Crippen MR) is 69.1 cm³/mol. The fourth-order valence-corrected chi connectivity index (χ4v) is 1.62. The van der Waals surface area contributed by atoms with Crippen LogP contribution in [0.2, 0.25) is 0 Å². The van der Waals surface area contributed by atoms with Gasteiger partial charge in [0.05, 0.1) is 0 Å². The van der Waals surface area contributed by atoms with Gasteiger partial charge in [-0.25, -0.2) is 0 Å². The molecule has 0 aliphatic rings. The molecule has 0 atom stereocenters. The van der Waals surface area contributed by atoms with E-state index in [0.29, 0.717) is 0 Å². The Morgan fingerprint density at radius 3 is 1.73 bits per heavy atom. The van der Waals surface area contributed by atoms with Crippen LogP contribution in [0.1, 0.15) is 65.7 Å². The third-order valence-corrected chi connectivity index (χ3v) is 2.54. The van der Waals surface area contributed by atoms with E-state index >= 15 is 0 Å². The van der Waals surface area contributed by atoms with E-state index in [4.69, 9.17) is 5.73 Å². The van der Waals surface area contributed by atoms with Crippen LogP contribution in [0.3, 0.4) is 0 Å². The molecular formula is C13H30N2. The topological polar surface area (TPSA) is 38.0 Å². The lowest BCUT2D eigenvalue weighted by atomic mass is 10.1. The Balaban J connectivity index is 2.99. The van der Waals surface area contributed by atoms with Crippen molar-refractivity contribution in [3.63, 3.8) is 0 Å². The summed E-state index contributed by atoms with van der Waals surface area (Å²) in [5, 5.41) is 3.52. The van der Waals surface area contributed by atoms with E-state index in [0.717, 1.165) is 13.1 Å². The lowest BCUT2D eigenvalue weighted by Crippen LogP contribution is -2.36. The van der Waals surface area contributed by atoms with Crippen LogP contribution < -0.4 is 11.1 Å². The maximum Gasteiger partial charge on any atom is 0.00965 e. The number of nitrogens with two attached hydrogens (primary N) is 1. The van der Waals surface area contributed by atoms with Gasteiger partial charge in [-0.1, -0.05) is 32.1 Å². The SMILES string of the molecule is CC(C)(C)NCCCCCCCCCN. The minimum Gasteiger partial charge on any atom is -0.330 e. The molecule has 2 heteroatoms. The van der Waals surface area contributed by atoms with Gasteiger partial charge in [0.1, 0.15) is 0 Å². The highest BCUT2D eigenvalue weighted by atomic mass is 14.9. The molecular weight excluding hydrogens is 184 g/mol. The zero-order chi connectivity index (χ0) is 11.6. The minimum atomic E-state index is 0.279. The van der Waals surface area contributed by atoms with Gasteiger partial charge in [-0.3, -0.25) is 0 Å². The van der Waals surface area contributed by atoms with Crippen molar-refractivity contribution in [3.8, 4) is 0 Å². The molecule has 0 spiro atoms. The van der Waals surface area contributed by atoms with Gasteiger partial charge in [-0.15, -0.1) is 0 Å². The molecule has 0 aromatic heterocycles.